The molecule has 0 spiro atoms. The number of alkyl halides is 3. The average Bonchev–Trinajstić information content (AvgIpc) is 2.91. The Labute approximate surface area is 219 Å². The van der Waals surface area contributed by atoms with Crippen LogP contribution in [0.3, 0.4) is 0 Å². The number of benzene rings is 2. The first-order valence-electron chi connectivity index (χ1n) is 12.0. The normalized spacial score (nSPS) is 18.4. The molecule has 0 bridgehead atoms. The molecule has 0 N–H and O–H groups in total. The molecule has 2 heterocycles. The second-order valence-corrected chi connectivity index (χ2v) is 10.8. The van der Waals surface area contributed by atoms with Crippen LogP contribution >= 0.6 is 0 Å². The first-order chi connectivity index (χ1) is 18.1. The van der Waals surface area contributed by atoms with Gasteiger partial charge in [-0.25, -0.2) is 8.42 Å². The summed E-state index contributed by atoms with van der Waals surface area (Å²) in [6.07, 6.45) is -4.59. The van der Waals surface area contributed by atoms with Crippen LogP contribution in [0.2, 0.25) is 0 Å². The fourth-order valence-electron chi connectivity index (χ4n) is 4.20. The molecule has 204 valence electrons. The molecule has 38 heavy (non-hydrogen) atoms. The average molecular weight is 553 g/mol. The van der Waals surface area contributed by atoms with E-state index in [1.165, 1.54) is 4.31 Å². The lowest BCUT2D eigenvalue weighted by molar-refractivity contribution is -0.274. The SMILES string of the molecule is N#Cc1cccc(C(CN2CCOCC2)ON=C2CCN(S(=O)(=O)c3ccc(OC(F)(F)F)cc3)CC2)c1. The van der Waals surface area contributed by atoms with Gasteiger partial charge in [0.15, 0.2) is 6.10 Å². The molecule has 2 aromatic carbocycles. The number of ether oxygens (including phenoxy) is 2. The number of sulfonamides is 1. The highest BCUT2D eigenvalue weighted by atomic mass is 32.2. The summed E-state index contributed by atoms with van der Waals surface area (Å²) in [5.41, 5.74) is 2.04. The van der Waals surface area contributed by atoms with E-state index >= 15 is 0 Å². The van der Waals surface area contributed by atoms with E-state index < -0.39 is 28.2 Å². The van der Waals surface area contributed by atoms with E-state index in [9.17, 15) is 26.9 Å². The summed E-state index contributed by atoms with van der Waals surface area (Å²) in [7, 11) is -3.90. The van der Waals surface area contributed by atoms with Crippen molar-refractivity contribution in [3.63, 3.8) is 0 Å². The maximum absolute atomic E-state index is 13.0. The highest BCUT2D eigenvalue weighted by Crippen LogP contribution is 2.27. The van der Waals surface area contributed by atoms with Gasteiger partial charge >= 0.3 is 6.36 Å². The first-order valence-corrected chi connectivity index (χ1v) is 13.5. The standard InChI is InChI=1S/C25H27F3N4O5S/c26-25(27,28)36-22-4-6-23(7-5-22)38(33,34)32-10-8-21(9-11-32)30-37-24(18-31-12-14-35-15-13-31)20-3-1-2-19(16-20)17-29/h1-7,16,24H,8-15,18H2. The number of halogens is 3. The van der Waals surface area contributed by atoms with Gasteiger partial charge in [0.1, 0.15) is 5.75 Å². The van der Waals surface area contributed by atoms with Crippen LogP contribution in [0.1, 0.15) is 30.1 Å². The van der Waals surface area contributed by atoms with Crippen molar-refractivity contribution in [1.29, 1.82) is 5.26 Å². The Balaban J connectivity index is 1.39. The van der Waals surface area contributed by atoms with Crippen molar-refractivity contribution in [2.24, 2.45) is 5.16 Å². The van der Waals surface area contributed by atoms with Crippen LogP contribution in [0.15, 0.2) is 58.6 Å². The van der Waals surface area contributed by atoms with Crippen LogP contribution in [0.5, 0.6) is 5.75 Å². The molecule has 2 saturated heterocycles. The summed E-state index contributed by atoms with van der Waals surface area (Å²) in [5.74, 6) is -0.492. The molecule has 0 aliphatic carbocycles. The predicted molar refractivity (Wildman–Crippen MR) is 131 cm³/mol. The summed E-state index contributed by atoms with van der Waals surface area (Å²) in [4.78, 5) is 8.03. The second kappa shape index (κ2) is 12.1. The molecule has 4 rings (SSSR count). The van der Waals surface area contributed by atoms with Gasteiger partial charge in [0.05, 0.1) is 35.5 Å². The zero-order valence-corrected chi connectivity index (χ0v) is 21.2. The van der Waals surface area contributed by atoms with Crippen molar-refractivity contribution in [3.8, 4) is 11.8 Å². The maximum Gasteiger partial charge on any atom is 0.573 e. The lowest BCUT2D eigenvalue weighted by Crippen LogP contribution is -2.39. The Bertz CT molecular complexity index is 1260. The number of rotatable bonds is 8. The molecule has 0 aromatic heterocycles. The van der Waals surface area contributed by atoms with Crippen LogP contribution in [0, 0.1) is 11.3 Å². The molecule has 2 aromatic rings. The Hall–Kier alpha value is -3.18. The summed E-state index contributed by atoms with van der Waals surface area (Å²) < 4.78 is 73.6. The summed E-state index contributed by atoms with van der Waals surface area (Å²) in [6, 6.07) is 13.4. The second-order valence-electron chi connectivity index (χ2n) is 8.83. The van der Waals surface area contributed by atoms with Crippen LogP contribution in [-0.4, -0.2) is 75.6 Å². The van der Waals surface area contributed by atoms with Crippen LogP contribution in [0.25, 0.3) is 0 Å². The third kappa shape index (κ3) is 7.44. The van der Waals surface area contributed by atoms with Crippen molar-refractivity contribution in [2.75, 3.05) is 45.9 Å². The van der Waals surface area contributed by atoms with Gasteiger partial charge in [-0.15, -0.1) is 13.2 Å². The molecular formula is C25H27F3N4O5S. The molecule has 2 aliphatic heterocycles. The van der Waals surface area contributed by atoms with Crippen LogP contribution in [0.4, 0.5) is 13.2 Å². The third-order valence-corrected chi connectivity index (χ3v) is 8.13. The number of nitriles is 1. The minimum Gasteiger partial charge on any atom is -0.406 e. The van der Waals surface area contributed by atoms with E-state index in [1.54, 1.807) is 18.2 Å². The number of hydrogen-bond donors (Lipinski definition) is 0. The van der Waals surface area contributed by atoms with Crippen LogP contribution in [-0.2, 0) is 19.6 Å². The molecular weight excluding hydrogens is 525 g/mol. The van der Waals surface area contributed by atoms with Gasteiger partial charge in [-0.1, -0.05) is 17.3 Å². The Morgan fingerprint density at radius 1 is 1.05 bits per heavy atom. The van der Waals surface area contributed by atoms with Gasteiger partial charge in [-0.2, -0.15) is 9.57 Å². The van der Waals surface area contributed by atoms with E-state index in [-0.39, 0.29) is 18.0 Å². The number of oxime groups is 1. The van der Waals surface area contributed by atoms with E-state index in [4.69, 9.17) is 9.57 Å². The zero-order valence-electron chi connectivity index (χ0n) is 20.4. The molecule has 9 nitrogen and oxygen atoms in total. The smallest absolute Gasteiger partial charge is 0.406 e. The first kappa shape index (κ1) is 27.8. The van der Waals surface area contributed by atoms with Crippen molar-refractivity contribution >= 4 is 15.7 Å². The molecule has 0 amide bonds. The lowest BCUT2D eigenvalue weighted by Gasteiger charge is -2.30. The Kier molecular flexibility index (Phi) is 8.88. The lowest BCUT2D eigenvalue weighted by atomic mass is 10.1. The van der Waals surface area contributed by atoms with Crippen molar-refractivity contribution in [1.82, 2.24) is 9.21 Å². The van der Waals surface area contributed by atoms with Crippen molar-refractivity contribution < 1.29 is 35.9 Å². The fraction of sp³-hybridized carbons (Fsp3) is 0.440. The van der Waals surface area contributed by atoms with Gasteiger partial charge in [-0.05, 0) is 42.0 Å². The van der Waals surface area contributed by atoms with E-state index in [2.05, 4.69) is 20.9 Å². The minimum atomic E-state index is -4.86. The van der Waals surface area contributed by atoms with Gasteiger partial charge in [0.25, 0.3) is 0 Å². The number of nitrogens with zero attached hydrogens (tertiary/aromatic N) is 4. The molecule has 13 heteroatoms. The summed E-state index contributed by atoms with van der Waals surface area (Å²) in [5, 5.41) is 13.6. The van der Waals surface area contributed by atoms with Crippen LogP contribution < -0.4 is 4.74 Å². The fourth-order valence-corrected chi connectivity index (χ4v) is 5.64. The van der Waals surface area contributed by atoms with Crippen molar-refractivity contribution in [3.05, 3.63) is 59.7 Å². The highest BCUT2D eigenvalue weighted by molar-refractivity contribution is 7.89. The highest BCUT2D eigenvalue weighted by Gasteiger charge is 2.32. The minimum absolute atomic E-state index is 0.119. The van der Waals surface area contributed by atoms with Gasteiger partial charge < -0.3 is 14.3 Å². The monoisotopic (exact) mass is 552 g/mol. The molecule has 0 radical (unpaired) electrons. The summed E-state index contributed by atoms with van der Waals surface area (Å²) in [6.45, 7) is 3.63. The van der Waals surface area contributed by atoms with E-state index in [1.807, 2.05) is 6.07 Å². The Morgan fingerprint density at radius 2 is 1.74 bits per heavy atom. The zero-order chi connectivity index (χ0) is 27.2. The van der Waals surface area contributed by atoms with Gasteiger partial charge in [0, 0.05) is 45.6 Å². The maximum atomic E-state index is 13.0. The molecule has 1 atom stereocenters. The van der Waals surface area contributed by atoms with Gasteiger partial charge in [-0.3, -0.25) is 4.90 Å². The molecule has 0 saturated carbocycles. The van der Waals surface area contributed by atoms with Crippen molar-refractivity contribution in [2.45, 2.75) is 30.2 Å². The number of hydrogen-bond acceptors (Lipinski definition) is 8. The number of piperidine rings is 1. The molecule has 2 aliphatic rings. The van der Waals surface area contributed by atoms with E-state index in [0.29, 0.717) is 43.9 Å². The summed E-state index contributed by atoms with van der Waals surface area (Å²) >= 11 is 0. The predicted octanol–water partition coefficient (Wildman–Crippen LogP) is 3.69. The Morgan fingerprint density at radius 3 is 2.37 bits per heavy atom. The largest absolute Gasteiger partial charge is 0.573 e. The van der Waals surface area contributed by atoms with Gasteiger partial charge in [0.2, 0.25) is 10.0 Å². The van der Waals surface area contributed by atoms with E-state index in [0.717, 1.165) is 42.9 Å². The third-order valence-electron chi connectivity index (χ3n) is 6.22. The quantitative estimate of drug-likeness (QED) is 0.460. The molecule has 2 fully saturated rings. The number of morpholine rings is 1. The molecule has 1 unspecified atom stereocenters. The topological polar surface area (TPSA) is 104 Å².